The molecule has 1 saturated heterocycles. The lowest BCUT2D eigenvalue weighted by Gasteiger charge is -2.25. The maximum absolute atomic E-state index is 12.2. The fraction of sp³-hybridized carbons (Fsp3) is 0.500. The van der Waals surface area contributed by atoms with Crippen LogP contribution in [0.15, 0.2) is 36.1 Å². The zero-order chi connectivity index (χ0) is 21.2. The van der Waals surface area contributed by atoms with E-state index in [1.807, 2.05) is 39.8 Å². The molecule has 1 N–H and O–H groups in total. The van der Waals surface area contributed by atoms with Gasteiger partial charge < -0.3 is 29.0 Å². The highest BCUT2D eigenvalue weighted by atomic mass is 16.6. The number of rotatable bonds is 5. The van der Waals surface area contributed by atoms with E-state index in [0.29, 0.717) is 42.5 Å². The maximum Gasteiger partial charge on any atom is 0.410 e. The molecule has 0 aromatic heterocycles. The highest BCUT2D eigenvalue weighted by molar-refractivity contribution is 5.68. The number of aliphatic hydroxyl groups excluding tert-OH is 1. The molecule has 3 rings (SSSR count). The summed E-state index contributed by atoms with van der Waals surface area (Å²) < 4.78 is 22.4. The summed E-state index contributed by atoms with van der Waals surface area (Å²) in [6.45, 7) is 12.7. The zero-order valence-corrected chi connectivity index (χ0v) is 17.4. The first-order chi connectivity index (χ1) is 13.7. The van der Waals surface area contributed by atoms with E-state index in [-0.39, 0.29) is 12.2 Å². The molecule has 0 aliphatic carbocycles. The van der Waals surface area contributed by atoms with Crippen molar-refractivity contribution in [1.29, 1.82) is 0 Å². The van der Waals surface area contributed by atoms with Crippen molar-refractivity contribution in [2.24, 2.45) is 0 Å². The van der Waals surface area contributed by atoms with Crippen LogP contribution in [0.3, 0.4) is 0 Å². The highest BCUT2D eigenvalue weighted by Gasteiger charge is 2.31. The number of hydrogen-bond donors (Lipinski definition) is 1. The Labute approximate surface area is 171 Å². The topological polar surface area (TPSA) is 77.5 Å². The minimum absolute atomic E-state index is 0.127. The molecular weight excluding hydrogens is 374 g/mol. The van der Waals surface area contributed by atoms with Gasteiger partial charge >= 0.3 is 6.09 Å². The van der Waals surface area contributed by atoms with E-state index in [2.05, 4.69) is 6.58 Å². The molecule has 2 atom stereocenters. The Morgan fingerprint density at radius 1 is 1.38 bits per heavy atom. The van der Waals surface area contributed by atoms with Crippen molar-refractivity contribution in [3.63, 3.8) is 0 Å². The summed E-state index contributed by atoms with van der Waals surface area (Å²) >= 11 is 0. The van der Waals surface area contributed by atoms with Gasteiger partial charge in [0.05, 0.1) is 18.7 Å². The Morgan fingerprint density at radius 3 is 2.83 bits per heavy atom. The Balaban J connectivity index is 1.64. The van der Waals surface area contributed by atoms with Crippen LogP contribution < -0.4 is 9.47 Å². The molecule has 1 aromatic rings. The molecule has 0 unspecified atom stereocenters. The van der Waals surface area contributed by atoms with Crippen molar-refractivity contribution < 1.29 is 28.8 Å². The van der Waals surface area contributed by atoms with E-state index in [1.165, 1.54) is 0 Å². The molecule has 29 heavy (non-hydrogen) atoms. The fourth-order valence-corrected chi connectivity index (χ4v) is 3.22. The molecule has 158 valence electrons. The van der Waals surface area contributed by atoms with Crippen LogP contribution in [-0.2, 0) is 9.47 Å². The summed E-state index contributed by atoms with van der Waals surface area (Å²) in [6, 6.07) is 5.44. The number of carbonyl (C=O) groups is 1. The van der Waals surface area contributed by atoms with Gasteiger partial charge in [0.15, 0.2) is 0 Å². The lowest BCUT2D eigenvalue weighted by atomic mass is 10.1. The second-order valence-corrected chi connectivity index (χ2v) is 8.08. The largest absolute Gasteiger partial charge is 0.494 e. The first kappa shape index (κ1) is 21.0. The van der Waals surface area contributed by atoms with Crippen LogP contribution >= 0.6 is 0 Å². The first-order valence-corrected chi connectivity index (χ1v) is 9.83. The van der Waals surface area contributed by atoms with Crippen molar-refractivity contribution in [3.8, 4) is 11.5 Å². The average molecular weight is 403 g/mol. The van der Waals surface area contributed by atoms with Crippen LogP contribution in [0, 0.1) is 0 Å². The van der Waals surface area contributed by atoms with Crippen molar-refractivity contribution in [3.05, 3.63) is 41.7 Å². The Hall–Kier alpha value is -2.67. The normalized spacial score (nSPS) is 21.0. The SMILES string of the molecule is C=C(OCC)C1=Cc2ccc(O[C@H]3CCN(C(=O)OC(C)(C)C)C3)cc2O[C@@H]1O. The maximum atomic E-state index is 12.2. The minimum Gasteiger partial charge on any atom is -0.494 e. The molecule has 7 nitrogen and oxygen atoms in total. The van der Waals surface area contributed by atoms with Gasteiger partial charge in [-0.1, -0.05) is 6.58 Å². The molecule has 0 saturated carbocycles. The van der Waals surface area contributed by atoms with E-state index < -0.39 is 11.9 Å². The number of fused-ring (bicyclic) bond motifs is 1. The van der Waals surface area contributed by atoms with Crippen LogP contribution in [-0.4, -0.2) is 53.8 Å². The predicted molar refractivity (Wildman–Crippen MR) is 109 cm³/mol. The van der Waals surface area contributed by atoms with Crippen molar-refractivity contribution >= 4 is 12.2 Å². The lowest BCUT2D eigenvalue weighted by Crippen LogP contribution is -2.36. The molecule has 2 aliphatic rings. The Morgan fingerprint density at radius 2 is 2.14 bits per heavy atom. The van der Waals surface area contributed by atoms with Crippen LogP contribution in [0.2, 0.25) is 0 Å². The number of likely N-dealkylation sites (tertiary alicyclic amines) is 1. The number of aliphatic hydroxyl groups is 1. The Kier molecular flexibility index (Phi) is 6.07. The molecule has 2 heterocycles. The van der Waals surface area contributed by atoms with Gasteiger partial charge in [-0.2, -0.15) is 0 Å². The fourth-order valence-electron chi connectivity index (χ4n) is 3.22. The zero-order valence-electron chi connectivity index (χ0n) is 17.4. The predicted octanol–water partition coefficient (Wildman–Crippen LogP) is 3.72. The van der Waals surface area contributed by atoms with Gasteiger partial charge in [-0.05, 0) is 45.9 Å². The minimum atomic E-state index is -1.15. The van der Waals surface area contributed by atoms with E-state index >= 15 is 0 Å². The molecule has 0 radical (unpaired) electrons. The third-order valence-corrected chi connectivity index (χ3v) is 4.54. The third kappa shape index (κ3) is 5.23. The van der Waals surface area contributed by atoms with Crippen molar-refractivity contribution in [1.82, 2.24) is 4.90 Å². The summed E-state index contributed by atoms with van der Waals surface area (Å²) in [5, 5.41) is 10.2. The Bertz CT molecular complexity index is 810. The van der Waals surface area contributed by atoms with E-state index in [4.69, 9.17) is 18.9 Å². The van der Waals surface area contributed by atoms with Gasteiger partial charge in [0.1, 0.15) is 29.0 Å². The molecule has 7 heteroatoms. The quantitative estimate of drug-likeness (QED) is 0.755. The number of benzene rings is 1. The summed E-state index contributed by atoms with van der Waals surface area (Å²) in [5.41, 5.74) is 0.782. The first-order valence-electron chi connectivity index (χ1n) is 9.83. The number of amides is 1. The van der Waals surface area contributed by atoms with Gasteiger partial charge in [0, 0.05) is 24.6 Å². The molecule has 1 fully saturated rings. The van der Waals surface area contributed by atoms with E-state index in [9.17, 15) is 9.90 Å². The molecule has 0 bridgehead atoms. The summed E-state index contributed by atoms with van der Waals surface area (Å²) in [7, 11) is 0. The molecule has 0 spiro atoms. The molecule has 2 aliphatic heterocycles. The van der Waals surface area contributed by atoms with Crippen LogP contribution in [0.4, 0.5) is 4.79 Å². The van der Waals surface area contributed by atoms with Gasteiger partial charge in [-0.3, -0.25) is 0 Å². The summed E-state index contributed by atoms with van der Waals surface area (Å²) in [4.78, 5) is 13.9. The standard InChI is InChI=1S/C22H29NO6/c1-6-26-14(2)18-11-15-7-8-16(12-19(15)28-20(18)24)27-17-9-10-23(13-17)21(25)29-22(3,4)5/h7-8,11-12,17,20,24H,2,6,9-10,13H2,1,3-5H3/t17-,20-/m0/s1. The van der Waals surface area contributed by atoms with Gasteiger partial charge in [-0.15, -0.1) is 0 Å². The van der Waals surface area contributed by atoms with Gasteiger partial charge in [0.25, 0.3) is 0 Å². The second kappa shape index (κ2) is 8.37. The monoisotopic (exact) mass is 403 g/mol. The molecule has 1 aromatic carbocycles. The van der Waals surface area contributed by atoms with E-state index in [1.54, 1.807) is 17.0 Å². The summed E-state index contributed by atoms with van der Waals surface area (Å²) in [5.74, 6) is 1.52. The number of nitrogens with zero attached hydrogens (tertiary/aromatic N) is 1. The molecular formula is C22H29NO6. The number of carbonyl (C=O) groups excluding carboxylic acids is 1. The number of ether oxygens (including phenoxy) is 4. The van der Waals surface area contributed by atoms with E-state index in [0.717, 1.165) is 12.0 Å². The lowest BCUT2D eigenvalue weighted by molar-refractivity contribution is 0.00843. The van der Waals surface area contributed by atoms with Crippen LogP contribution in [0.25, 0.3) is 6.08 Å². The average Bonchev–Trinajstić information content (AvgIpc) is 3.08. The van der Waals surface area contributed by atoms with Crippen LogP contribution in [0.5, 0.6) is 11.5 Å². The molecule has 1 amide bonds. The highest BCUT2D eigenvalue weighted by Crippen LogP contribution is 2.35. The van der Waals surface area contributed by atoms with Gasteiger partial charge in [0.2, 0.25) is 6.29 Å². The second-order valence-electron chi connectivity index (χ2n) is 8.08. The number of hydrogen-bond acceptors (Lipinski definition) is 6. The van der Waals surface area contributed by atoms with Crippen molar-refractivity contribution in [2.75, 3.05) is 19.7 Å². The van der Waals surface area contributed by atoms with Crippen molar-refractivity contribution in [2.45, 2.75) is 52.1 Å². The smallest absolute Gasteiger partial charge is 0.410 e. The van der Waals surface area contributed by atoms with Gasteiger partial charge in [-0.25, -0.2) is 4.79 Å². The summed E-state index contributed by atoms with van der Waals surface area (Å²) in [6.07, 6.45) is 0.917. The van der Waals surface area contributed by atoms with Crippen LogP contribution in [0.1, 0.15) is 39.7 Å². The third-order valence-electron chi connectivity index (χ3n) is 4.54.